The number of ether oxygens (including phenoxy) is 1. The SMILES string of the molecule is CCc1c(Cc2ccc(C)cc2)n(COCC2CC2)c(=O)[nH]c1=O. The van der Waals surface area contributed by atoms with Crippen molar-refractivity contribution in [2.75, 3.05) is 6.61 Å². The molecule has 1 heterocycles. The molecule has 1 aliphatic rings. The Bertz CT molecular complexity index is 814. The average molecular weight is 328 g/mol. The maximum Gasteiger partial charge on any atom is 0.330 e. The number of aryl methyl sites for hydroxylation is 1. The first-order valence-corrected chi connectivity index (χ1v) is 8.56. The third-order valence-electron chi connectivity index (χ3n) is 4.53. The lowest BCUT2D eigenvalue weighted by atomic mass is 10.0. The van der Waals surface area contributed by atoms with Crippen molar-refractivity contribution in [2.45, 2.75) is 46.3 Å². The highest BCUT2D eigenvalue weighted by Crippen LogP contribution is 2.28. The fourth-order valence-corrected chi connectivity index (χ4v) is 2.85. The second-order valence-corrected chi connectivity index (χ2v) is 6.57. The Kier molecular flexibility index (Phi) is 5.00. The van der Waals surface area contributed by atoms with Crippen molar-refractivity contribution in [2.24, 2.45) is 5.92 Å². The summed E-state index contributed by atoms with van der Waals surface area (Å²) in [6.45, 7) is 4.84. The van der Waals surface area contributed by atoms with Crippen molar-refractivity contribution >= 4 is 0 Å². The van der Waals surface area contributed by atoms with Gasteiger partial charge >= 0.3 is 5.69 Å². The largest absolute Gasteiger partial charge is 0.360 e. The summed E-state index contributed by atoms with van der Waals surface area (Å²) in [4.78, 5) is 26.9. The second kappa shape index (κ2) is 7.18. The predicted molar refractivity (Wildman–Crippen MR) is 93.4 cm³/mol. The Morgan fingerprint density at radius 3 is 2.54 bits per heavy atom. The van der Waals surface area contributed by atoms with E-state index >= 15 is 0 Å². The van der Waals surface area contributed by atoms with Gasteiger partial charge in [0.15, 0.2) is 0 Å². The zero-order chi connectivity index (χ0) is 17.1. The molecule has 0 unspecified atom stereocenters. The summed E-state index contributed by atoms with van der Waals surface area (Å²) < 4.78 is 7.27. The van der Waals surface area contributed by atoms with Crippen LogP contribution in [0, 0.1) is 12.8 Å². The summed E-state index contributed by atoms with van der Waals surface area (Å²) in [5.41, 5.74) is 3.00. The Hall–Kier alpha value is -2.14. The van der Waals surface area contributed by atoms with Gasteiger partial charge in [0.1, 0.15) is 6.73 Å². The minimum Gasteiger partial charge on any atom is -0.360 e. The number of rotatable bonds is 7. The third kappa shape index (κ3) is 3.85. The van der Waals surface area contributed by atoms with Crippen molar-refractivity contribution < 1.29 is 4.74 Å². The van der Waals surface area contributed by atoms with Crippen LogP contribution in [0.4, 0.5) is 0 Å². The van der Waals surface area contributed by atoms with Gasteiger partial charge in [-0.05, 0) is 37.7 Å². The van der Waals surface area contributed by atoms with Crippen LogP contribution in [0.1, 0.15) is 42.1 Å². The Morgan fingerprint density at radius 2 is 1.92 bits per heavy atom. The highest BCUT2D eigenvalue weighted by atomic mass is 16.5. The maximum atomic E-state index is 12.3. The number of H-pyrrole nitrogens is 1. The molecule has 1 aromatic heterocycles. The quantitative estimate of drug-likeness (QED) is 0.849. The molecule has 2 aromatic rings. The van der Waals surface area contributed by atoms with Crippen LogP contribution in [0.5, 0.6) is 0 Å². The Balaban J connectivity index is 1.93. The molecule has 0 aliphatic heterocycles. The number of hydrogen-bond donors (Lipinski definition) is 1. The molecule has 0 spiro atoms. The molecule has 0 saturated heterocycles. The summed E-state index contributed by atoms with van der Waals surface area (Å²) in [5, 5.41) is 0. The number of nitrogens with zero attached hydrogens (tertiary/aromatic N) is 1. The van der Waals surface area contributed by atoms with Gasteiger partial charge in [0.25, 0.3) is 5.56 Å². The maximum absolute atomic E-state index is 12.3. The van der Waals surface area contributed by atoms with E-state index in [-0.39, 0.29) is 12.3 Å². The molecule has 128 valence electrons. The van der Waals surface area contributed by atoms with Crippen LogP contribution >= 0.6 is 0 Å². The summed E-state index contributed by atoms with van der Waals surface area (Å²) in [6.07, 6.45) is 3.54. The van der Waals surface area contributed by atoms with Crippen LogP contribution in [0.15, 0.2) is 33.9 Å². The number of nitrogens with one attached hydrogen (secondary N) is 1. The lowest BCUT2D eigenvalue weighted by molar-refractivity contribution is 0.0640. The van der Waals surface area contributed by atoms with Gasteiger partial charge in [-0.15, -0.1) is 0 Å². The number of benzene rings is 1. The van der Waals surface area contributed by atoms with E-state index in [9.17, 15) is 9.59 Å². The summed E-state index contributed by atoms with van der Waals surface area (Å²) in [6, 6.07) is 8.16. The lowest BCUT2D eigenvalue weighted by Crippen LogP contribution is -2.36. The van der Waals surface area contributed by atoms with Crippen LogP contribution in [-0.2, 0) is 24.3 Å². The monoisotopic (exact) mass is 328 g/mol. The molecule has 24 heavy (non-hydrogen) atoms. The van der Waals surface area contributed by atoms with Gasteiger partial charge < -0.3 is 4.74 Å². The van der Waals surface area contributed by atoms with Gasteiger partial charge in [0.2, 0.25) is 0 Å². The van der Waals surface area contributed by atoms with E-state index < -0.39 is 5.69 Å². The van der Waals surface area contributed by atoms with Crippen LogP contribution in [0.2, 0.25) is 0 Å². The fraction of sp³-hybridized carbons (Fsp3) is 0.474. The molecule has 1 fully saturated rings. The molecule has 1 saturated carbocycles. The molecular weight excluding hydrogens is 304 g/mol. The minimum atomic E-state index is -0.393. The zero-order valence-electron chi connectivity index (χ0n) is 14.3. The first-order valence-electron chi connectivity index (χ1n) is 8.56. The molecule has 0 radical (unpaired) electrons. The van der Waals surface area contributed by atoms with Crippen molar-refractivity contribution in [1.82, 2.24) is 9.55 Å². The summed E-state index contributed by atoms with van der Waals surface area (Å²) in [7, 11) is 0. The summed E-state index contributed by atoms with van der Waals surface area (Å²) >= 11 is 0. The van der Waals surface area contributed by atoms with Crippen molar-refractivity contribution in [3.05, 3.63) is 67.5 Å². The van der Waals surface area contributed by atoms with Gasteiger partial charge in [0.05, 0.1) is 6.61 Å². The lowest BCUT2D eigenvalue weighted by Gasteiger charge is -2.16. The molecule has 5 nitrogen and oxygen atoms in total. The molecule has 5 heteroatoms. The topological polar surface area (TPSA) is 64.1 Å². The van der Waals surface area contributed by atoms with Gasteiger partial charge in [-0.1, -0.05) is 36.8 Å². The molecule has 1 aliphatic carbocycles. The van der Waals surface area contributed by atoms with E-state index in [0.717, 1.165) is 11.3 Å². The molecule has 1 aromatic carbocycles. The first-order chi connectivity index (χ1) is 11.6. The van der Waals surface area contributed by atoms with E-state index in [0.29, 0.717) is 30.9 Å². The second-order valence-electron chi connectivity index (χ2n) is 6.57. The molecule has 0 amide bonds. The molecule has 1 N–H and O–H groups in total. The van der Waals surface area contributed by atoms with E-state index in [1.807, 2.05) is 38.1 Å². The molecule has 0 bridgehead atoms. The molecular formula is C19H24N2O3. The normalized spacial score (nSPS) is 14.1. The highest BCUT2D eigenvalue weighted by Gasteiger charge is 2.22. The number of aromatic amines is 1. The van der Waals surface area contributed by atoms with Crippen molar-refractivity contribution in [3.63, 3.8) is 0 Å². The number of hydrogen-bond acceptors (Lipinski definition) is 3. The van der Waals surface area contributed by atoms with Gasteiger partial charge in [-0.2, -0.15) is 0 Å². The molecule has 0 atom stereocenters. The van der Waals surface area contributed by atoms with Crippen molar-refractivity contribution in [3.8, 4) is 0 Å². The van der Waals surface area contributed by atoms with E-state index in [1.165, 1.54) is 18.4 Å². The minimum absolute atomic E-state index is 0.195. The Labute approximate surface area is 141 Å². The van der Waals surface area contributed by atoms with Crippen LogP contribution in [0.25, 0.3) is 0 Å². The van der Waals surface area contributed by atoms with E-state index in [1.54, 1.807) is 4.57 Å². The standard InChI is InChI=1S/C19H24N2O3/c1-3-16-17(10-14-6-4-13(2)5-7-14)21(19(23)20-18(16)22)12-24-11-15-8-9-15/h4-7,15H,3,8-12H2,1-2H3,(H,20,22,23). The van der Waals surface area contributed by atoms with E-state index in [2.05, 4.69) is 4.98 Å². The van der Waals surface area contributed by atoms with Gasteiger partial charge in [0, 0.05) is 17.7 Å². The average Bonchev–Trinajstić information content (AvgIpc) is 3.37. The van der Waals surface area contributed by atoms with Crippen LogP contribution in [0.3, 0.4) is 0 Å². The third-order valence-corrected chi connectivity index (χ3v) is 4.53. The first kappa shape index (κ1) is 16.7. The van der Waals surface area contributed by atoms with E-state index in [4.69, 9.17) is 4.74 Å². The van der Waals surface area contributed by atoms with Crippen molar-refractivity contribution in [1.29, 1.82) is 0 Å². The zero-order valence-corrected chi connectivity index (χ0v) is 14.3. The van der Waals surface area contributed by atoms with Crippen LogP contribution < -0.4 is 11.2 Å². The van der Waals surface area contributed by atoms with Gasteiger partial charge in [-0.3, -0.25) is 14.3 Å². The summed E-state index contributed by atoms with van der Waals surface area (Å²) in [5.74, 6) is 0.634. The highest BCUT2D eigenvalue weighted by molar-refractivity contribution is 5.29. The molecule has 3 rings (SSSR count). The predicted octanol–water partition coefficient (Wildman–Crippen LogP) is 2.38. The number of aromatic nitrogens is 2. The Morgan fingerprint density at radius 1 is 1.21 bits per heavy atom. The smallest absolute Gasteiger partial charge is 0.330 e. The van der Waals surface area contributed by atoms with Crippen LogP contribution in [-0.4, -0.2) is 16.2 Å². The van der Waals surface area contributed by atoms with Gasteiger partial charge in [-0.25, -0.2) is 4.79 Å². The fourth-order valence-electron chi connectivity index (χ4n) is 2.85.